The number of rotatable bonds is 11. The smallest absolute Gasteiger partial charge is 0.0542 e. The second kappa shape index (κ2) is 20.9. The Morgan fingerprint density at radius 1 is 0.176 bits per heavy atom. The summed E-state index contributed by atoms with van der Waals surface area (Å²) in [6.45, 7) is 0. The van der Waals surface area contributed by atoms with Crippen molar-refractivity contribution in [3.8, 4) is 50.2 Å². The van der Waals surface area contributed by atoms with E-state index in [0.717, 1.165) is 61.6 Å². The number of fused-ring (bicyclic) bond motifs is 7. The van der Waals surface area contributed by atoms with Gasteiger partial charge in [0.1, 0.15) is 0 Å². The van der Waals surface area contributed by atoms with Crippen molar-refractivity contribution in [2.24, 2.45) is 0 Å². The van der Waals surface area contributed by atoms with Crippen molar-refractivity contribution >= 4 is 99.0 Å². The van der Waals surface area contributed by atoms with E-state index in [1.165, 1.54) is 87.6 Å². The van der Waals surface area contributed by atoms with E-state index in [9.17, 15) is 0 Å². The van der Waals surface area contributed by atoms with Crippen LogP contribution in [0.25, 0.3) is 115 Å². The van der Waals surface area contributed by atoms with Gasteiger partial charge < -0.3 is 14.4 Å². The maximum absolute atomic E-state index is 2.42. The zero-order valence-corrected chi connectivity index (χ0v) is 46.6. The second-order valence-electron chi connectivity index (χ2n) is 22.2. The summed E-state index contributed by atoms with van der Waals surface area (Å²) in [6, 6.07) is 122. The van der Waals surface area contributed by atoms with Gasteiger partial charge in [-0.1, -0.05) is 212 Å². The third-order valence-corrected chi connectivity index (χ3v) is 17.1. The molecule has 15 aromatic carbocycles. The van der Waals surface area contributed by atoms with Gasteiger partial charge in [-0.25, -0.2) is 0 Å². The fraction of sp³-hybridized carbons (Fsp3) is 0. The zero-order valence-electron chi connectivity index (χ0n) is 46.6. The molecule has 398 valence electrons. The molecular weight excluding hydrogens is 1030 g/mol. The van der Waals surface area contributed by atoms with Crippen LogP contribution in [-0.4, -0.2) is 4.57 Å². The van der Waals surface area contributed by atoms with Crippen LogP contribution in [-0.2, 0) is 0 Å². The lowest BCUT2D eigenvalue weighted by molar-refractivity contribution is 1.18. The van der Waals surface area contributed by atoms with Crippen LogP contribution in [0.4, 0.5) is 34.1 Å². The molecule has 0 N–H and O–H groups in total. The minimum Gasteiger partial charge on any atom is -0.310 e. The van der Waals surface area contributed by atoms with Gasteiger partial charge >= 0.3 is 0 Å². The third kappa shape index (κ3) is 9.22. The highest BCUT2D eigenvalue weighted by molar-refractivity contribution is 6.12. The fourth-order valence-corrected chi connectivity index (χ4v) is 12.7. The molecular formula is C82H55N3. The van der Waals surface area contributed by atoms with Gasteiger partial charge in [0.15, 0.2) is 0 Å². The van der Waals surface area contributed by atoms with Gasteiger partial charge in [0.05, 0.1) is 11.0 Å². The monoisotopic (exact) mass is 1080 g/mol. The van der Waals surface area contributed by atoms with E-state index in [2.05, 4.69) is 348 Å². The van der Waals surface area contributed by atoms with Gasteiger partial charge in [-0.15, -0.1) is 0 Å². The van der Waals surface area contributed by atoms with Crippen LogP contribution in [0.15, 0.2) is 334 Å². The Hall–Kier alpha value is -11.3. The van der Waals surface area contributed by atoms with E-state index in [-0.39, 0.29) is 0 Å². The van der Waals surface area contributed by atoms with Gasteiger partial charge in [-0.2, -0.15) is 0 Å². The average Bonchev–Trinajstić information content (AvgIpc) is 2.13. The van der Waals surface area contributed by atoms with Crippen molar-refractivity contribution in [3.05, 3.63) is 334 Å². The van der Waals surface area contributed by atoms with Crippen LogP contribution in [0.1, 0.15) is 0 Å². The number of hydrogen-bond acceptors (Lipinski definition) is 2. The molecule has 85 heavy (non-hydrogen) atoms. The molecule has 3 heteroatoms. The van der Waals surface area contributed by atoms with Crippen LogP contribution < -0.4 is 9.80 Å². The average molecular weight is 1080 g/mol. The van der Waals surface area contributed by atoms with Crippen LogP contribution in [0.5, 0.6) is 0 Å². The van der Waals surface area contributed by atoms with E-state index in [1.807, 2.05) is 0 Å². The first-order valence-corrected chi connectivity index (χ1v) is 29.2. The Kier molecular flexibility index (Phi) is 12.2. The molecule has 0 atom stereocenters. The molecule has 0 aliphatic heterocycles. The molecule has 3 nitrogen and oxygen atoms in total. The third-order valence-electron chi connectivity index (χ3n) is 17.1. The molecule has 0 bridgehead atoms. The molecule has 0 saturated carbocycles. The molecule has 1 heterocycles. The maximum atomic E-state index is 2.42. The van der Waals surface area contributed by atoms with Crippen molar-refractivity contribution in [1.29, 1.82) is 0 Å². The van der Waals surface area contributed by atoms with Crippen LogP contribution in [0, 0.1) is 0 Å². The summed E-state index contributed by atoms with van der Waals surface area (Å²) >= 11 is 0. The predicted molar refractivity (Wildman–Crippen MR) is 362 cm³/mol. The van der Waals surface area contributed by atoms with Crippen molar-refractivity contribution < 1.29 is 0 Å². The van der Waals surface area contributed by atoms with Crippen LogP contribution >= 0.6 is 0 Å². The number of para-hydroxylation sites is 1. The first-order valence-electron chi connectivity index (χ1n) is 29.2. The summed E-state index contributed by atoms with van der Waals surface area (Å²) in [7, 11) is 0. The largest absolute Gasteiger partial charge is 0.310 e. The standard InChI is InChI=1S/C82H55N3/c1-2-20-72(21-3-1)85-81-48-46-77(83(73-38-30-60(31-39-73)68-26-22-56-12-4-8-16-64(56)50-68)74-40-32-61(33-41-74)69-27-23-57-13-5-9-17-65(57)51-69)54-79(81)80-55-78(47-49-82(80)85)84(75-42-34-62(35-43-75)70-28-24-58-14-6-10-18-66(58)52-70)76-44-36-63(37-45-76)71-29-25-59-15-7-11-19-67(59)53-71/h1-55H. The molecule has 0 radical (unpaired) electrons. The lowest BCUT2D eigenvalue weighted by atomic mass is 10.00. The SMILES string of the molecule is c1ccc(-n2c3ccc(N(c4ccc(-c5ccc6ccccc6c5)cc4)c4ccc(-c5ccc6ccccc6c5)cc4)cc3c3cc(N(c4ccc(-c5ccc6ccccc6c5)cc4)c4ccc(-c5ccc6ccccc6c5)cc4)ccc32)cc1. The molecule has 0 saturated heterocycles. The highest BCUT2D eigenvalue weighted by Crippen LogP contribution is 2.45. The second-order valence-corrected chi connectivity index (χ2v) is 22.2. The van der Waals surface area contributed by atoms with Gasteiger partial charge in [-0.05, 0) is 209 Å². The quantitative estimate of drug-likeness (QED) is 0.128. The van der Waals surface area contributed by atoms with E-state index >= 15 is 0 Å². The van der Waals surface area contributed by atoms with E-state index in [4.69, 9.17) is 0 Å². The molecule has 0 unspecified atom stereocenters. The highest BCUT2D eigenvalue weighted by Gasteiger charge is 2.21. The highest BCUT2D eigenvalue weighted by atomic mass is 15.1. The Balaban J connectivity index is 0.847. The first-order chi connectivity index (χ1) is 42.1. The van der Waals surface area contributed by atoms with Gasteiger partial charge in [-0.3, -0.25) is 0 Å². The van der Waals surface area contributed by atoms with E-state index in [1.54, 1.807) is 0 Å². The normalized spacial score (nSPS) is 11.5. The number of aromatic nitrogens is 1. The van der Waals surface area contributed by atoms with Crippen LogP contribution in [0.2, 0.25) is 0 Å². The molecule has 0 aliphatic rings. The van der Waals surface area contributed by atoms with Gasteiger partial charge in [0, 0.05) is 50.6 Å². The summed E-state index contributed by atoms with van der Waals surface area (Å²) in [5, 5.41) is 12.2. The van der Waals surface area contributed by atoms with Crippen molar-refractivity contribution in [2.45, 2.75) is 0 Å². The van der Waals surface area contributed by atoms with Gasteiger partial charge in [0.25, 0.3) is 0 Å². The Morgan fingerprint density at radius 3 is 0.718 bits per heavy atom. The van der Waals surface area contributed by atoms with E-state index in [0.29, 0.717) is 0 Å². The minimum absolute atomic E-state index is 1.06. The lowest BCUT2D eigenvalue weighted by Gasteiger charge is -2.26. The van der Waals surface area contributed by atoms with Crippen LogP contribution in [0.3, 0.4) is 0 Å². The van der Waals surface area contributed by atoms with Crippen molar-refractivity contribution in [1.82, 2.24) is 4.57 Å². The van der Waals surface area contributed by atoms with Crippen molar-refractivity contribution in [3.63, 3.8) is 0 Å². The first kappa shape index (κ1) is 49.5. The topological polar surface area (TPSA) is 11.4 Å². The molecule has 0 amide bonds. The summed E-state index contributed by atoms with van der Waals surface area (Å²) in [6.07, 6.45) is 0. The summed E-state index contributed by atoms with van der Waals surface area (Å²) in [5.41, 5.74) is 19.2. The summed E-state index contributed by atoms with van der Waals surface area (Å²) < 4.78 is 2.42. The number of nitrogens with zero attached hydrogens (tertiary/aromatic N) is 3. The Bertz CT molecular complexity index is 4610. The van der Waals surface area contributed by atoms with E-state index < -0.39 is 0 Å². The maximum Gasteiger partial charge on any atom is 0.0542 e. The molecule has 16 aromatic rings. The Labute approximate surface area is 494 Å². The minimum atomic E-state index is 1.06. The lowest BCUT2D eigenvalue weighted by Crippen LogP contribution is -2.10. The predicted octanol–water partition coefficient (Wildman–Crippen LogP) is 23.0. The fourth-order valence-electron chi connectivity index (χ4n) is 12.7. The molecule has 0 spiro atoms. The molecule has 16 rings (SSSR count). The molecule has 0 aliphatic carbocycles. The number of hydrogen-bond donors (Lipinski definition) is 0. The van der Waals surface area contributed by atoms with Crippen molar-refractivity contribution in [2.75, 3.05) is 9.80 Å². The molecule has 1 aromatic heterocycles. The summed E-state index contributed by atoms with van der Waals surface area (Å²) in [5.74, 6) is 0. The molecule has 0 fully saturated rings. The number of anilines is 6. The zero-order chi connectivity index (χ0) is 56.2. The van der Waals surface area contributed by atoms with Gasteiger partial charge in [0.2, 0.25) is 0 Å². The summed E-state index contributed by atoms with van der Waals surface area (Å²) in [4.78, 5) is 4.81. The number of benzene rings is 15. The Morgan fingerprint density at radius 2 is 0.424 bits per heavy atom.